The SMILES string of the molecule is CCC(C)(NC(=O)C=Cc1ccc(C)cc1C)C(=O)O. The smallest absolute Gasteiger partial charge is 0.329 e. The summed E-state index contributed by atoms with van der Waals surface area (Å²) < 4.78 is 0. The molecule has 4 nitrogen and oxygen atoms in total. The zero-order chi connectivity index (χ0) is 15.3. The van der Waals surface area contributed by atoms with Gasteiger partial charge in [0.1, 0.15) is 5.54 Å². The van der Waals surface area contributed by atoms with Crippen LogP contribution in [0, 0.1) is 13.8 Å². The van der Waals surface area contributed by atoms with Crippen LogP contribution in [-0.2, 0) is 9.59 Å². The maximum Gasteiger partial charge on any atom is 0.329 e. The summed E-state index contributed by atoms with van der Waals surface area (Å²) in [6.45, 7) is 7.20. The maximum atomic E-state index is 11.8. The second kappa shape index (κ2) is 6.37. The third kappa shape index (κ3) is 3.95. The average molecular weight is 275 g/mol. The van der Waals surface area contributed by atoms with Crippen LogP contribution in [0.2, 0.25) is 0 Å². The number of benzene rings is 1. The van der Waals surface area contributed by atoms with Crippen LogP contribution < -0.4 is 5.32 Å². The quantitative estimate of drug-likeness (QED) is 0.812. The normalized spacial score (nSPS) is 14.0. The second-order valence-electron chi connectivity index (χ2n) is 5.17. The number of hydrogen-bond acceptors (Lipinski definition) is 2. The second-order valence-corrected chi connectivity index (χ2v) is 5.17. The fourth-order valence-electron chi connectivity index (χ4n) is 1.78. The van der Waals surface area contributed by atoms with Gasteiger partial charge in [-0.3, -0.25) is 4.79 Å². The molecule has 2 N–H and O–H groups in total. The number of carbonyl (C=O) groups excluding carboxylic acids is 1. The maximum absolute atomic E-state index is 11.8. The van der Waals surface area contributed by atoms with E-state index in [1.807, 2.05) is 32.0 Å². The lowest BCUT2D eigenvalue weighted by Gasteiger charge is -2.23. The predicted molar refractivity (Wildman–Crippen MR) is 79.4 cm³/mol. The van der Waals surface area contributed by atoms with Crippen molar-refractivity contribution in [3.05, 3.63) is 41.0 Å². The van der Waals surface area contributed by atoms with E-state index in [1.54, 1.807) is 13.0 Å². The standard InChI is InChI=1S/C16H21NO3/c1-5-16(4,15(19)20)17-14(18)9-8-13-7-6-11(2)10-12(13)3/h6-10H,5H2,1-4H3,(H,17,18)(H,19,20). The first-order valence-corrected chi connectivity index (χ1v) is 6.59. The van der Waals surface area contributed by atoms with Gasteiger partial charge in [0.15, 0.2) is 0 Å². The largest absolute Gasteiger partial charge is 0.480 e. The molecular weight excluding hydrogens is 254 g/mol. The van der Waals surface area contributed by atoms with Gasteiger partial charge in [-0.2, -0.15) is 0 Å². The molecule has 1 unspecified atom stereocenters. The molecule has 1 amide bonds. The van der Waals surface area contributed by atoms with Gasteiger partial charge in [-0.1, -0.05) is 30.7 Å². The number of carboxylic acids is 1. The van der Waals surface area contributed by atoms with Gasteiger partial charge in [0.05, 0.1) is 0 Å². The predicted octanol–water partition coefficient (Wildman–Crippen LogP) is 2.69. The van der Waals surface area contributed by atoms with Gasteiger partial charge < -0.3 is 10.4 Å². The van der Waals surface area contributed by atoms with Crippen molar-refractivity contribution >= 4 is 18.0 Å². The van der Waals surface area contributed by atoms with Crippen molar-refractivity contribution < 1.29 is 14.7 Å². The van der Waals surface area contributed by atoms with Crippen molar-refractivity contribution in [3.63, 3.8) is 0 Å². The molecule has 0 fully saturated rings. The fraction of sp³-hybridized carbons (Fsp3) is 0.375. The van der Waals surface area contributed by atoms with E-state index in [9.17, 15) is 9.59 Å². The van der Waals surface area contributed by atoms with E-state index in [-0.39, 0.29) is 0 Å². The molecule has 1 rings (SSSR count). The fourth-order valence-corrected chi connectivity index (χ4v) is 1.78. The van der Waals surface area contributed by atoms with Gasteiger partial charge >= 0.3 is 5.97 Å². The summed E-state index contributed by atoms with van der Waals surface area (Å²) in [5.74, 6) is -1.44. The van der Waals surface area contributed by atoms with E-state index < -0.39 is 17.4 Å². The van der Waals surface area contributed by atoms with Crippen molar-refractivity contribution in [2.45, 2.75) is 39.7 Å². The van der Waals surface area contributed by atoms with Crippen LogP contribution in [0.3, 0.4) is 0 Å². The van der Waals surface area contributed by atoms with E-state index in [1.165, 1.54) is 13.0 Å². The van der Waals surface area contributed by atoms with Gasteiger partial charge in [0.2, 0.25) is 5.91 Å². The number of nitrogens with one attached hydrogen (secondary N) is 1. The van der Waals surface area contributed by atoms with Crippen molar-refractivity contribution in [2.24, 2.45) is 0 Å². The number of carbonyl (C=O) groups is 2. The first-order valence-electron chi connectivity index (χ1n) is 6.59. The highest BCUT2D eigenvalue weighted by atomic mass is 16.4. The summed E-state index contributed by atoms with van der Waals surface area (Å²) in [5, 5.41) is 11.6. The highest BCUT2D eigenvalue weighted by molar-refractivity contribution is 5.95. The zero-order valence-electron chi connectivity index (χ0n) is 12.4. The Hall–Kier alpha value is -2.10. The van der Waals surface area contributed by atoms with Crippen molar-refractivity contribution in [3.8, 4) is 0 Å². The van der Waals surface area contributed by atoms with Gasteiger partial charge in [-0.25, -0.2) is 4.79 Å². The minimum Gasteiger partial charge on any atom is -0.480 e. The van der Waals surface area contributed by atoms with E-state index in [0.29, 0.717) is 6.42 Å². The molecule has 20 heavy (non-hydrogen) atoms. The van der Waals surface area contributed by atoms with E-state index >= 15 is 0 Å². The average Bonchev–Trinajstić information content (AvgIpc) is 2.37. The molecule has 108 valence electrons. The molecule has 0 spiro atoms. The minimum atomic E-state index is -1.23. The summed E-state index contributed by atoms with van der Waals surface area (Å²) in [6.07, 6.45) is 3.39. The van der Waals surface area contributed by atoms with Crippen molar-refractivity contribution in [2.75, 3.05) is 0 Å². The lowest BCUT2D eigenvalue weighted by atomic mass is 9.99. The van der Waals surface area contributed by atoms with E-state index in [4.69, 9.17) is 5.11 Å². The Balaban J connectivity index is 2.80. The molecule has 1 aromatic rings. The molecule has 0 saturated carbocycles. The molecule has 0 aliphatic carbocycles. The third-order valence-electron chi connectivity index (χ3n) is 3.42. The molecule has 0 saturated heterocycles. The zero-order valence-corrected chi connectivity index (χ0v) is 12.4. The molecule has 0 heterocycles. The number of amides is 1. The number of rotatable bonds is 5. The molecule has 4 heteroatoms. The van der Waals surface area contributed by atoms with Crippen LogP contribution in [0.15, 0.2) is 24.3 Å². The summed E-state index contributed by atoms with van der Waals surface area (Å²) in [5.41, 5.74) is 1.95. The summed E-state index contributed by atoms with van der Waals surface area (Å²) >= 11 is 0. The molecule has 0 aliphatic rings. The Labute approximate surface area is 119 Å². The number of hydrogen-bond donors (Lipinski definition) is 2. The number of aryl methyl sites for hydroxylation is 2. The molecule has 0 aliphatic heterocycles. The van der Waals surface area contributed by atoms with Crippen LogP contribution in [-0.4, -0.2) is 22.5 Å². The Kier molecular flexibility index (Phi) is 5.08. The Morgan fingerprint density at radius 2 is 2.00 bits per heavy atom. The lowest BCUT2D eigenvalue weighted by Crippen LogP contribution is -2.51. The summed E-state index contributed by atoms with van der Waals surface area (Å²) in [4.78, 5) is 22.9. The first-order chi connectivity index (χ1) is 9.28. The molecular formula is C16H21NO3. The third-order valence-corrected chi connectivity index (χ3v) is 3.42. The highest BCUT2D eigenvalue weighted by Crippen LogP contribution is 2.13. The van der Waals surface area contributed by atoms with Crippen LogP contribution in [0.25, 0.3) is 6.08 Å². The molecule has 0 bridgehead atoms. The van der Waals surface area contributed by atoms with Crippen molar-refractivity contribution in [1.29, 1.82) is 0 Å². The topological polar surface area (TPSA) is 66.4 Å². The number of carboxylic acid groups (broad SMARTS) is 1. The van der Waals surface area contributed by atoms with Gasteiger partial charge in [0.25, 0.3) is 0 Å². The highest BCUT2D eigenvalue weighted by Gasteiger charge is 2.31. The van der Waals surface area contributed by atoms with E-state index in [2.05, 4.69) is 5.32 Å². The van der Waals surface area contributed by atoms with Crippen LogP contribution in [0.4, 0.5) is 0 Å². The van der Waals surface area contributed by atoms with Crippen LogP contribution in [0.5, 0.6) is 0 Å². The molecule has 1 aromatic carbocycles. The molecule has 1 atom stereocenters. The summed E-state index contributed by atoms with van der Waals surface area (Å²) in [6, 6.07) is 5.94. The van der Waals surface area contributed by atoms with Crippen molar-refractivity contribution in [1.82, 2.24) is 5.32 Å². The Bertz CT molecular complexity index is 549. The monoisotopic (exact) mass is 275 g/mol. The Morgan fingerprint density at radius 1 is 1.35 bits per heavy atom. The van der Waals surface area contributed by atoms with Gasteiger partial charge in [0, 0.05) is 6.08 Å². The van der Waals surface area contributed by atoms with Gasteiger partial charge in [-0.15, -0.1) is 0 Å². The molecule has 0 radical (unpaired) electrons. The van der Waals surface area contributed by atoms with E-state index in [0.717, 1.165) is 16.7 Å². The number of aliphatic carboxylic acids is 1. The van der Waals surface area contributed by atoms with Crippen LogP contribution in [0.1, 0.15) is 37.0 Å². The van der Waals surface area contributed by atoms with Gasteiger partial charge in [-0.05, 0) is 44.4 Å². The summed E-state index contributed by atoms with van der Waals surface area (Å²) in [7, 11) is 0. The Morgan fingerprint density at radius 3 is 2.50 bits per heavy atom. The molecule has 0 aromatic heterocycles. The minimum absolute atomic E-state index is 0.325. The van der Waals surface area contributed by atoms with Crippen LogP contribution >= 0.6 is 0 Å². The lowest BCUT2D eigenvalue weighted by molar-refractivity contribution is -0.146. The first kappa shape index (κ1) is 16.0.